The maximum Gasteiger partial charge on any atom is 0.0240 e. The summed E-state index contributed by atoms with van der Waals surface area (Å²) >= 11 is 8.13. The van der Waals surface area contributed by atoms with Gasteiger partial charge in [-0.3, -0.25) is 0 Å². The minimum Gasteiger partial charge on any atom is -0.315 e. The molecule has 0 saturated heterocycles. The summed E-state index contributed by atoms with van der Waals surface area (Å²) in [5.41, 5.74) is 0. The molecule has 0 aliphatic heterocycles. The Bertz CT molecular complexity index is 31.2. The highest BCUT2D eigenvalue weighted by Crippen LogP contribution is 1.87. The van der Waals surface area contributed by atoms with Crippen LogP contribution in [-0.4, -0.2) is 24.6 Å². The smallest absolute Gasteiger partial charge is 0.0240 e. The Morgan fingerprint density at radius 3 is 1.86 bits per heavy atom. The molecule has 0 heterocycles. The fraction of sp³-hybridized carbons (Fsp3) is 1.00. The van der Waals surface area contributed by atoms with Gasteiger partial charge >= 0.3 is 0 Å². The molecule has 0 aromatic heterocycles. The van der Waals surface area contributed by atoms with Crippen LogP contribution in [-0.2, 0) is 0 Å². The summed E-state index contributed by atoms with van der Waals surface area (Å²) in [5, 5.41) is 3.05. The molecule has 44 valence electrons. The van der Waals surface area contributed by atoms with Crippen molar-refractivity contribution in [3.63, 3.8) is 0 Å². The standard InChI is InChI=1S/C4H11NS2/c1-5-4(2-6)3-7/h4-7H,2-3H2,1H3. The van der Waals surface area contributed by atoms with Crippen molar-refractivity contribution in [2.24, 2.45) is 0 Å². The third-order valence-electron chi connectivity index (χ3n) is 0.849. The van der Waals surface area contributed by atoms with Gasteiger partial charge in [0.1, 0.15) is 0 Å². The normalized spacial score (nSPS) is 10.3. The first kappa shape index (κ1) is 7.66. The molecule has 0 spiro atoms. The summed E-state index contributed by atoms with van der Waals surface area (Å²) in [6, 6.07) is 0.465. The number of thiol groups is 2. The predicted molar refractivity (Wildman–Crippen MR) is 40.6 cm³/mol. The molecule has 0 radical (unpaired) electrons. The van der Waals surface area contributed by atoms with Gasteiger partial charge in [-0.1, -0.05) is 0 Å². The summed E-state index contributed by atoms with van der Waals surface area (Å²) in [6.45, 7) is 0. The van der Waals surface area contributed by atoms with Crippen LogP contribution in [0.25, 0.3) is 0 Å². The second-order valence-electron chi connectivity index (χ2n) is 1.35. The molecule has 0 amide bonds. The van der Waals surface area contributed by atoms with Crippen molar-refractivity contribution in [2.45, 2.75) is 6.04 Å². The SMILES string of the molecule is CNC(CS)CS. The first-order valence-corrected chi connectivity index (χ1v) is 3.50. The second kappa shape index (κ2) is 4.81. The summed E-state index contributed by atoms with van der Waals surface area (Å²) in [5.74, 6) is 1.72. The van der Waals surface area contributed by atoms with Crippen LogP contribution in [0.1, 0.15) is 0 Å². The minimum atomic E-state index is 0.465. The molecule has 0 atom stereocenters. The van der Waals surface area contributed by atoms with E-state index in [-0.39, 0.29) is 0 Å². The number of nitrogens with one attached hydrogen (secondary N) is 1. The fourth-order valence-electron chi connectivity index (χ4n) is 0.240. The van der Waals surface area contributed by atoms with Gasteiger partial charge < -0.3 is 5.32 Å². The van der Waals surface area contributed by atoms with Crippen LogP contribution in [0, 0.1) is 0 Å². The average molecular weight is 137 g/mol. The minimum absolute atomic E-state index is 0.465. The molecule has 0 aliphatic carbocycles. The highest BCUT2D eigenvalue weighted by Gasteiger charge is 1.95. The van der Waals surface area contributed by atoms with Gasteiger partial charge in [0.25, 0.3) is 0 Å². The zero-order chi connectivity index (χ0) is 5.70. The van der Waals surface area contributed by atoms with Gasteiger partial charge in [-0.2, -0.15) is 25.3 Å². The molecule has 1 N–H and O–H groups in total. The van der Waals surface area contributed by atoms with Crippen molar-refractivity contribution < 1.29 is 0 Å². The summed E-state index contributed by atoms with van der Waals surface area (Å²) in [7, 11) is 1.91. The van der Waals surface area contributed by atoms with Crippen molar-refractivity contribution in [1.82, 2.24) is 5.32 Å². The quantitative estimate of drug-likeness (QED) is 0.479. The van der Waals surface area contributed by atoms with Gasteiger partial charge in [0, 0.05) is 17.5 Å². The zero-order valence-corrected chi connectivity index (χ0v) is 6.17. The van der Waals surface area contributed by atoms with Crippen LogP contribution in [0.3, 0.4) is 0 Å². The molecule has 0 saturated carbocycles. The monoisotopic (exact) mass is 137 g/mol. The Morgan fingerprint density at radius 2 is 1.86 bits per heavy atom. The van der Waals surface area contributed by atoms with Crippen LogP contribution in [0.2, 0.25) is 0 Å². The maximum absolute atomic E-state index is 4.06. The molecule has 0 aromatic carbocycles. The zero-order valence-electron chi connectivity index (χ0n) is 4.39. The van der Waals surface area contributed by atoms with Crippen molar-refractivity contribution in [2.75, 3.05) is 18.6 Å². The largest absolute Gasteiger partial charge is 0.315 e. The number of rotatable bonds is 3. The third-order valence-corrected chi connectivity index (χ3v) is 1.73. The summed E-state index contributed by atoms with van der Waals surface area (Å²) in [6.07, 6.45) is 0. The van der Waals surface area contributed by atoms with Crippen molar-refractivity contribution in [1.29, 1.82) is 0 Å². The van der Waals surface area contributed by atoms with Crippen LogP contribution < -0.4 is 5.32 Å². The average Bonchev–Trinajstić information content (AvgIpc) is 1.72. The van der Waals surface area contributed by atoms with Gasteiger partial charge in [-0.05, 0) is 7.05 Å². The van der Waals surface area contributed by atoms with Gasteiger partial charge in [-0.25, -0.2) is 0 Å². The molecule has 0 rings (SSSR count). The lowest BCUT2D eigenvalue weighted by Gasteiger charge is -2.06. The third kappa shape index (κ3) is 3.26. The highest BCUT2D eigenvalue weighted by atomic mass is 32.1. The van der Waals surface area contributed by atoms with Crippen LogP contribution in [0.15, 0.2) is 0 Å². The van der Waals surface area contributed by atoms with E-state index >= 15 is 0 Å². The van der Waals surface area contributed by atoms with Crippen LogP contribution in [0.4, 0.5) is 0 Å². The van der Waals surface area contributed by atoms with E-state index in [1.165, 1.54) is 0 Å². The van der Waals surface area contributed by atoms with Gasteiger partial charge in [0.05, 0.1) is 0 Å². The molecule has 0 aromatic rings. The van der Waals surface area contributed by atoms with E-state index in [0.717, 1.165) is 11.5 Å². The van der Waals surface area contributed by atoms with Gasteiger partial charge in [0.2, 0.25) is 0 Å². The van der Waals surface area contributed by atoms with E-state index in [4.69, 9.17) is 0 Å². The lowest BCUT2D eigenvalue weighted by molar-refractivity contribution is 0.690. The first-order chi connectivity index (χ1) is 3.35. The Kier molecular flexibility index (Phi) is 5.26. The second-order valence-corrected chi connectivity index (χ2v) is 2.08. The Balaban J connectivity index is 2.99. The summed E-state index contributed by atoms with van der Waals surface area (Å²) < 4.78 is 0. The highest BCUT2D eigenvalue weighted by molar-refractivity contribution is 7.81. The van der Waals surface area contributed by atoms with E-state index < -0.39 is 0 Å². The predicted octanol–water partition coefficient (Wildman–Crippen LogP) is 0.434. The van der Waals surface area contributed by atoms with Crippen LogP contribution in [0.5, 0.6) is 0 Å². The Labute approximate surface area is 55.7 Å². The van der Waals surface area contributed by atoms with E-state index in [1.54, 1.807) is 0 Å². The van der Waals surface area contributed by atoms with Crippen molar-refractivity contribution in [3.8, 4) is 0 Å². The van der Waals surface area contributed by atoms with E-state index in [1.807, 2.05) is 7.05 Å². The Morgan fingerprint density at radius 1 is 1.43 bits per heavy atom. The molecule has 0 unspecified atom stereocenters. The molecule has 0 fully saturated rings. The van der Waals surface area contributed by atoms with Crippen LogP contribution >= 0.6 is 25.3 Å². The van der Waals surface area contributed by atoms with Crippen molar-refractivity contribution >= 4 is 25.3 Å². The lowest BCUT2D eigenvalue weighted by Crippen LogP contribution is -2.28. The van der Waals surface area contributed by atoms with E-state index in [9.17, 15) is 0 Å². The lowest BCUT2D eigenvalue weighted by atomic mass is 10.4. The van der Waals surface area contributed by atoms with E-state index in [2.05, 4.69) is 30.6 Å². The maximum atomic E-state index is 4.06. The topological polar surface area (TPSA) is 12.0 Å². The molecular formula is C4H11NS2. The van der Waals surface area contributed by atoms with Gasteiger partial charge in [0.15, 0.2) is 0 Å². The summed E-state index contributed by atoms with van der Waals surface area (Å²) in [4.78, 5) is 0. The van der Waals surface area contributed by atoms with Gasteiger partial charge in [-0.15, -0.1) is 0 Å². The number of hydrogen-bond acceptors (Lipinski definition) is 3. The fourth-order valence-corrected chi connectivity index (χ4v) is 1.07. The molecule has 0 bridgehead atoms. The molecule has 7 heavy (non-hydrogen) atoms. The van der Waals surface area contributed by atoms with E-state index in [0.29, 0.717) is 6.04 Å². The Hall–Kier alpha value is 0.660. The molecule has 1 nitrogen and oxygen atoms in total. The molecular weight excluding hydrogens is 126 g/mol. The molecule has 0 aliphatic rings. The van der Waals surface area contributed by atoms with Crippen molar-refractivity contribution in [3.05, 3.63) is 0 Å². The molecule has 3 heteroatoms. The first-order valence-electron chi connectivity index (χ1n) is 2.24. The number of hydrogen-bond donors (Lipinski definition) is 3.